The molecule has 0 bridgehead atoms. The Morgan fingerprint density at radius 1 is 0.730 bits per heavy atom. The van der Waals surface area contributed by atoms with E-state index in [0.717, 1.165) is 34.7 Å². The van der Waals surface area contributed by atoms with Crippen molar-refractivity contribution in [3.05, 3.63) is 58.4 Å². The largest absolute Gasteiger partial charge is 0.394 e. The molecule has 24 heteroatoms. The number of benzene rings is 2. The number of unbranched alkanes of at least 4 members (excludes halogenated alkanes) is 1. The number of carbonyl (C=O) groups excluding carboxylic acids is 2. The molecule has 0 saturated heterocycles. The minimum atomic E-state index is -1.92. The number of carbonyl (C=O) groups is 2. The molecule has 0 radical (unpaired) electrons. The van der Waals surface area contributed by atoms with Gasteiger partial charge in [0.25, 0.3) is 5.91 Å². The molecule has 0 aliphatic rings. The number of aliphatic hydroxyl groups excluding tert-OH is 10. The van der Waals surface area contributed by atoms with Crippen molar-refractivity contribution in [2.45, 2.75) is 93.4 Å². The fourth-order valence-corrected chi connectivity index (χ4v) is 6.79. The lowest BCUT2D eigenvalue weighted by atomic mass is 9.93. The highest BCUT2D eigenvalue weighted by Gasteiger charge is 2.34. The molecule has 0 aliphatic carbocycles. The van der Waals surface area contributed by atoms with Crippen molar-refractivity contribution in [2.24, 2.45) is 16.5 Å². The number of aromatic nitrogens is 2. The second-order valence-electron chi connectivity index (χ2n) is 14.9. The summed E-state index contributed by atoms with van der Waals surface area (Å²) in [7, 11) is 0. The monoisotopic (exact) mass is 932 g/mol. The topological polar surface area (TPSA) is 406 Å². The van der Waals surface area contributed by atoms with Crippen LogP contribution in [-0.2, 0) is 17.6 Å². The zero-order valence-corrected chi connectivity index (χ0v) is 36.1. The molecule has 20 N–H and O–H groups in total. The zero-order chi connectivity index (χ0) is 46.1. The molecule has 354 valence electrons. The summed E-state index contributed by atoms with van der Waals surface area (Å²) < 4.78 is 0. The van der Waals surface area contributed by atoms with Gasteiger partial charge in [-0.3, -0.25) is 24.8 Å². The third-order valence-corrected chi connectivity index (χ3v) is 10.5. The minimum absolute atomic E-state index is 0. The summed E-state index contributed by atoms with van der Waals surface area (Å²) in [5.41, 5.74) is 24.8. The Morgan fingerprint density at radius 3 is 1.78 bits per heavy atom. The molecule has 0 spiro atoms. The number of guanidine groups is 1. The van der Waals surface area contributed by atoms with Crippen LogP contribution in [0.4, 0.5) is 11.6 Å². The third kappa shape index (κ3) is 16.8. The van der Waals surface area contributed by atoms with Crippen LogP contribution in [0.15, 0.2) is 41.4 Å². The Kier molecular flexibility index (Phi) is 23.8. The van der Waals surface area contributed by atoms with Crippen molar-refractivity contribution in [1.82, 2.24) is 25.5 Å². The number of nitrogens with zero attached hydrogens (tertiary/aromatic N) is 4. The Morgan fingerprint density at radius 2 is 1.25 bits per heavy atom. The highest BCUT2D eigenvalue weighted by molar-refractivity contribution is 6.31. The van der Waals surface area contributed by atoms with Gasteiger partial charge in [-0.25, -0.2) is 9.97 Å². The van der Waals surface area contributed by atoms with Gasteiger partial charge in [-0.2, -0.15) is 0 Å². The molecule has 63 heavy (non-hydrogen) atoms. The maximum absolute atomic E-state index is 12.5. The first-order valence-corrected chi connectivity index (χ1v) is 20.4. The van der Waals surface area contributed by atoms with Gasteiger partial charge in [0.1, 0.15) is 36.6 Å². The SMILES string of the molecule is Cl.NC(=O)[C@H](CCc1ccc(CCCCN=C(N)NC(=O)c2nc(Cl)c(N)nc2N)c2ccccc12)NCCCN(C[C@H](O)[C@@H](O)[C@H](O)[C@H](O)CO)C[C@H](O)[C@@H](O)[C@H](O)[C@H](O)CO. The van der Waals surface area contributed by atoms with E-state index in [1.807, 2.05) is 36.4 Å². The highest BCUT2D eigenvalue weighted by atomic mass is 35.5. The van der Waals surface area contributed by atoms with Crippen molar-refractivity contribution in [1.29, 1.82) is 0 Å². The maximum atomic E-state index is 12.5. The number of nitrogen functional groups attached to an aromatic ring is 2. The average molecular weight is 934 g/mol. The Hall–Kier alpha value is -4.11. The maximum Gasteiger partial charge on any atom is 0.280 e. The van der Waals surface area contributed by atoms with Gasteiger partial charge in [-0.1, -0.05) is 48.0 Å². The zero-order valence-electron chi connectivity index (χ0n) is 34.5. The van der Waals surface area contributed by atoms with Gasteiger partial charge in [-0.05, 0) is 73.5 Å². The molecular formula is C39H62Cl2N10O12. The summed E-state index contributed by atoms with van der Waals surface area (Å²) in [5, 5.41) is 107. The van der Waals surface area contributed by atoms with Gasteiger partial charge in [-0.15, -0.1) is 12.4 Å². The van der Waals surface area contributed by atoms with E-state index in [4.69, 9.17) is 44.7 Å². The number of aliphatic imine (C=N–C) groups is 1. The normalized spacial score (nSPS) is 16.3. The van der Waals surface area contributed by atoms with E-state index in [1.165, 1.54) is 4.90 Å². The number of aryl methyl sites for hydroxylation is 2. The number of nitrogens with two attached hydrogens (primary N) is 4. The lowest BCUT2D eigenvalue weighted by Crippen LogP contribution is -2.53. The van der Waals surface area contributed by atoms with Gasteiger partial charge in [0.15, 0.2) is 28.4 Å². The second-order valence-corrected chi connectivity index (χ2v) is 15.3. The summed E-state index contributed by atoms with van der Waals surface area (Å²) in [6.07, 6.45) is -11.4. The third-order valence-electron chi connectivity index (χ3n) is 10.2. The molecule has 22 nitrogen and oxygen atoms in total. The number of aliphatic hydroxyl groups is 10. The van der Waals surface area contributed by atoms with Crippen LogP contribution in [0.1, 0.15) is 47.3 Å². The van der Waals surface area contributed by atoms with E-state index in [-0.39, 0.29) is 60.4 Å². The van der Waals surface area contributed by atoms with Crippen LogP contribution in [0, 0.1) is 0 Å². The number of nitrogens with one attached hydrogen (secondary N) is 2. The number of halogens is 2. The summed E-state index contributed by atoms with van der Waals surface area (Å²) >= 11 is 5.85. The number of hydrogen-bond donors (Lipinski definition) is 16. The quantitative estimate of drug-likeness (QED) is 0.0196. The van der Waals surface area contributed by atoms with Gasteiger partial charge in [0.05, 0.1) is 31.5 Å². The number of rotatable bonds is 27. The van der Waals surface area contributed by atoms with Crippen molar-refractivity contribution in [3.63, 3.8) is 0 Å². The smallest absolute Gasteiger partial charge is 0.280 e. The molecule has 0 saturated carbocycles. The summed E-state index contributed by atoms with van der Waals surface area (Å²) in [6, 6.07) is 11.2. The van der Waals surface area contributed by atoms with Crippen molar-refractivity contribution in [2.75, 3.05) is 57.4 Å². The summed E-state index contributed by atoms with van der Waals surface area (Å²) in [4.78, 5) is 38.2. The van der Waals surface area contributed by atoms with Crippen LogP contribution < -0.4 is 33.6 Å². The van der Waals surface area contributed by atoms with Crippen LogP contribution in [-0.4, -0.2) is 185 Å². The average Bonchev–Trinajstić information content (AvgIpc) is 3.25. The van der Waals surface area contributed by atoms with Gasteiger partial charge in [0, 0.05) is 19.6 Å². The lowest BCUT2D eigenvalue weighted by Gasteiger charge is -2.33. The number of primary amides is 1. The first-order valence-electron chi connectivity index (χ1n) is 20.0. The Balaban J connectivity index is 0.0000137. The Bertz CT molecular complexity index is 1890. The van der Waals surface area contributed by atoms with Gasteiger partial charge in [0.2, 0.25) is 5.91 Å². The molecule has 3 aromatic rings. The standard InChI is InChI=1S/C39H61ClN10O12.ClH/c40-34-36(42)48-35(41)29(47-34)38(62)49-39(44)46-13-4-3-6-20-9-10-21(23-8-2-1-7-22(20)23)11-12-24(37(43)61)45-14-5-15-50(16-25(53)30(57)32(59)27(55)18-51)17-26(54)31(58)33(60)28(56)19-52;/h1-2,7-10,24-28,30-33,45,51-60H,3-6,11-19H2,(H2,43,61)(H4,41,42,48)(H3,44,46,49,62);1H/t24-,25-,26-,27+,28+,30+,31+,32+,33+;/m0./s1. The van der Waals surface area contributed by atoms with Crippen molar-refractivity contribution in [3.8, 4) is 0 Å². The van der Waals surface area contributed by atoms with Gasteiger partial charge < -0.3 is 79.3 Å². The number of amides is 2. The van der Waals surface area contributed by atoms with E-state index in [2.05, 4.69) is 25.6 Å². The molecule has 1 aromatic heterocycles. The second kappa shape index (κ2) is 27.3. The molecule has 0 fully saturated rings. The van der Waals surface area contributed by atoms with Crippen LogP contribution in [0.5, 0.6) is 0 Å². The van der Waals surface area contributed by atoms with Crippen LogP contribution >= 0.6 is 24.0 Å². The van der Waals surface area contributed by atoms with Crippen molar-refractivity contribution >= 4 is 64.2 Å². The molecule has 1 heterocycles. The van der Waals surface area contributed by atoms with E-state index in [9.17, 15) is 50.4 Å². The van der Waals surface area contributed by atoms with E-state index in [0.29, 0.717) is 25.8 Å². The summed E-state index contributed by atoms with van der Waals surface area (Å²) in [5.74, 6) is -1.77. The first kappa shape index (κ1) is 55.0. The van der Waals surface area contributed by atoms with E-state index in [1.54, 1.807) is 0 Å². The molecule has 2 aromatic carbocycles. The molecule has 0 aliphatic heterocycles. The lowest BCUT2D eigenvalue weighted by molar-refractivity contribution is -0.130. The minimum Gasteiger partial charge on any atom is -0.394 e. The van der Waals surface area contributed by atoms with Crippen LogP contribution in [0.25, 0.3) is 10.8 Å². The van der Waals surface area contributed by atoms with Crippen LogP contribution in [0.3, 0.4) is 0 Å². The van der Waals surface area contributed by atoms with Crippen LogP contribution in [0.2, 0.25) is 5.15 Å². The predicted molar refractivity (Wildman–Crippen MR) is 237 cm³/mol. The number of anilines is 2. The summed E-state index contributed by atoms with van der Waals surface area (Å²) in [6.45, 7) is -2.01. The number of fused-ring (bicyclic) bond motifs is 1. The van der Waals surface area contributed by atoms with E-state index >= 15 is 0 Å². The Labute approximate surface area is 375 Å². The number of hydrogen-bond acceptors (Lipinski definition) is 19. The first-order chi connectivity index (χ1) is 29.4. The highest BCUT2D eigenvalue weighted by Crippen LogP contribution is 2.26. The predicted octanol–water partition coefficient (Wildman–Crippen LogP) is -4.12. The van der Waals surface area contributed by atoms with Gasteiger partial charge >= 0.3 is 0 Å². The molecular weight excluding hydrogens is 871 g/mol. The van der Waals surface area contributed by atoms with E-state index < -0.39 is 93.0 Å². The van der Waals surface area contributed by atoms with Crippen molar-refractivity contribution < 1.29 is 60.7 Å². The molecule has 2 amide bonds. The molecule has 3 rings (SSSR count). The molecule has 9 atom stereocenters. The fourth-order valence-electron chi connectivity index (χ4n) is 6.66. The molecule has 0 unspecified atom stereocenters. The fraction of sp³-hybridized carbons (Fsp3) is 0.564.